The molecule has 1 fully saturated rings. The number of nitrogens with zero attached hydrogens (tertiary/aromatic N) is 3. The molecule has 0 atom stereocenters. The second-order valence-corrected chi connectivity index (χ2v) is 5.14. The first-order chi connectivity index (χ1) is 8.28. The van der Waals surface area contributed by atoms with E-state index in [2.05, 4.69) is 9.97 Å². The van der Waals surface area contributed by atoms with Gasteiger partial charge in [-0.05, 0) is 19.9 Å². The molecule has 1 aliphatic rings. The Morgan fingerprint density at radius 1 is 1.33 bits per heavy atom. The molecule has 0 aliphatic carbocycles. The van der Waals surface area contributed by atoms with Crippen LogP contribution >= 0.6 is 0 Å². The van der Waals surface area contributed by atoms with Crippen LogP contribution in [0.15, 0.2) is 12.3 Å². The number of aromatic nitrogens is 2. The van der Waals surface area contributed by atoms with Gasteiger partial charge in [0.15, 0.2) is 0 Å². The average Bonchev–Trinajstić information content (AvgIpc) is 2.28. The zero-order chi connectivity index (χ0) is 13.4. The summed E-state index contributed by atoms with van der Waals surface area (Å²) >= 11 is 0. The van der Waals surface area contributed by atoms with Gasteiger partial charge in [-0.15, -0.1) is 0 Å². The lowest BCUT2D eigenvalue weighted by Crippen LogP contribution is -2.40. The Labute approximate surface area is 105 Å². The number of rotatable bonds is 2. The number of piperidine rings is 1. The van der Waals surface area contributed by atoms with E-state index in [-0.39, 0.29) is 25.9 Å². The molecule has 0 spiro atoms. The Bertz CT molecular complexity index is 422. The van der Waals surface area contributed by atoms with E-state index in [1.165, 1.54) is 0 Å². The van der Waals surface area contributed by atoms with Gasteiger partial charge >= 0.3 is 0 Å². The maximum absolute atomic E-state index is 13.1. The zero-order valence-corrected chi connectivity index (χ0v) is 10.5. The van der Waals surface area contributed by atoms with E-state index in [0.717, 1.165) is 0 Å². The minimum Gasteiger partial charge on any atom is -0.384 e. The molecule has 0 bridgehead atoms. The van der Waals surface area contributed by atoms with Crippen LogP contribution in [0.25, 0.3) is 0 Å². The number of hydrogen-bond acceptors (Lipinski definition) is 4. The number of halogens is 2. The first-order valence-corrected chi connectivity index (χ1v) is 5.97. The molecular formula is C12H17F2N3O. The highest BCUT2D eigenvalue weighted by atomic mass is 19.3. The Kier molecular flexibility index (Phi) is 3.23. The van der Waals surface area contributed by atoms with Crippen LogP contribution in [-0.4, -0.2) is 34.1 Å². The first-order valence-electron chi connectivity index (χ1n) is 5.97. The molecule has 0 unspecified atom stereocenters. The SMILES string of the molecule is CC(C)(O)c1ccnc(N2CCC(F)(F)CC2)n1. The van der Waals surface area contributed by atoms with E-state index in [0.29, 0.717) is 11.6 Å². The molecule has 0 amide bonds. The summed E-state index contributed by atoms with van der Waals surface area (Å²) in [6.45, 7) is 3.73. The van der Waals surface area contributed by atoms with Crippen molar-refractivity contribution in [2.75, 3.05) is 18.0 Å². The molecule has 1 N–H and O–H groups in total. The molecule has 1 aromatic heterocycles. The summed E-state index contributed by atoms with van der Waals surface area (Å²) in [7, 11) is 0. The van der Waals surface area contributed by atoms with Gasteiger partial charge in [0.05, 0.1) is 5.69 Å². The summed E-state index contributed by atoms with van der Waals surface area (Å²) in [6.07, 6.45) is 1.19. The Hall–Kier alpha value is -1.30. The number of anilines is 1. The lowest BCUT2D eigenvalue weighted by atomic mass is 10.1. The number of alkyl halides is 2. The number of hydrogen-bond donors (Lipinski definition) is 1. The van der Waals surface area contributed by atoms with Crippen molar-refractivity contribution < 1.29 is 13.9 Å². The van der Waals surface area contributed by atoms with Crippen LogP contribution < -0.4 is 4.90 Å². The van der Waals surface area contributed by atoms with Crippen molar-refractivity contribution in [3.63, 3.8) is 0 Å². The van der Waals surface area contributed by atoms with Crippen molar-refractivity contribution in [1.82, 2.24) is 9.97 Å². The predicted octanol–water partition coefficient (Wildman–Crippen LogP) is 1.94. The molecule has 6 heteroatoms. The van der Waals surface area contributed by atoms with Gasteiger partial charge < -0.3 is 10.0 Å². The third kappa shape index (κ3) is 2.93. The second kappa shape index (κ2) is 4.42. The Morgan fingerprint density at radius 2 is 1.94 bits per heavy atom. The molecule has 1 saturated heterocycles. The topological polar surface area (TPSA) is 49.3 Å². The van der Waals surface area contributed by atoms with Gasteiger partial charge in [0.1, 0.15) is 5.60 Å². The Morgan fingerprint density at radius 3 is 2.50 bits per heavy atom. The minimum atomic E-state index is -2.58. The van der Waals surface area contributed by atoms with Gasteiger partial charge in [0.2, 0.25) is 5.95 Å². The molecule has 2 rings (SSSR count). The van der Waals surface area contributed by atoms with E-state index in [1.807, 2.05) is 0 Å². The van der Waals surface area contributed by atoms with Crippen LogP contribution in [0.4, 0.5) is 14.7 Å². The standard InChI is InChI=1S/C12H17F2N3O/c1-11(2,18)9-3-6-15-10(16-9)17-7-4-12(13,14)5-8-17/h3,6,18H,4-5,7-8H2,1-2H3. The second-order valence-electron chi connectivity index (χ2n) is 5.14. The van der Waals surface area contributed by atoms with Crippen LogP contribution in [0.1, 0.15) is 32.4 Å². The lowest BCUT2D eigenvalue weighted by molar-refractivity contribution is -0.0223. The van der Waals surface area contributed by atoms with Crippen LogP contribution in [0, 0.1) is 0 Å². The highest BCUT2D eigenvalue weighted by molar-refractivity contribution is 5.32. The van der Waals surface area contributed by atoms with Crippen LogP contribution in [0.3, 0.4) is 0 Å². The summed E-state index contributed by atoms with van der Waals surface area (Å²) in [5.41, 5.74) is -0.568. The largest absolute Gasteiger partial charge is 0.384 e. The zero-order valence-electron chi connectivity index (χ0n) is 10.5. The van der Waals surface area contributed by atoms with Crippen molar-refractivity contribution in [2.45, 2.75) is 38.2 Å². The fourth-order valence-electron chi connectivity index (χ4n) is 1.88. The summed E-state index contributed by atoms with van der Waals surface area (Å²) < 4.78 is 26.1. The first kappa shape index (κ1) is 13.1. The molecule has 1 aliphatic heterocycles. The maximum atomic E-state index is 13.1. The minimum absolute atomic E-state index is 0.177. The van der Waals surface area contributed by atoms with Crippen molar-refractivity contribution >= 4 is 5.95 Å². The van der Waals surface area contributed by atoms with Gasteiger partial charge in [-0.2, -0.15) is 0 Å². The smallest absolute Gasteiger partial charge is 0.251 e. The van der Waals surface area contributed by atoms with Gasteiger partial charge in [-0.3, -0.25) is 0 Å². The molecule has 0 aromatic carbocycles. The van der Waals surface area contributed by atoms with E-state index in [9.17, 15) is 13.9 Å². The highest BCUT2D eigenvalue weighted by Crippen LogP contribution is 2.29. The van der Waals surface area contributed by atoms with Gasteiger partial charge in [0, 0.05) is 32.1 Å². The molecule has 0 radical (unpaired) electrons. The molecule has 2 heterocycles. The summed E-state index contributed by atoms with van der Waals surface area (Å²) in [5, 5.41) is 9.87. The van der Waals surface area contributed by atoms with Gasteiger partial charge in [0.25, 0.3) is 5.92 Å². The van der Waals surface area contributed by atoms with E-state index < -0.39 is 11.5 Å². The highest BCUT2D eigenvalue weighted by Gasteiger charge is 2.35. The van der Waals surface area contributed by atoms with Crippen molar-refractivity contribution in [3.8, 4) is 0 Å². The average molecular weight is 257 g/mol. The third-order valence-corrected chi connectivity index (χ3v) is 3.05. The monoisotopic (exact) mass is 257 g/mol. The van der Waals surface area contributed by atoms with Gasteiger partial charge in [-0.25, -0.2) is 18.7 Å². The Balaban J connectivity index is 2.15. The van der Waals surface area contributed by atoms with E-state index >= 15 is 0 Å². The fraction of sp³-hybridized carbons (Fsp3) is 0.667. The normalized spacial score (nSPS) is 19.9. The summed E-state index contributed by atoms with van der Waals surface area (Å²) in [4.78, 5) is 10.0. The molecule has 0 saturated carbocycles. The van der Waals surface area contributed by atoms with Crippen molar-refractivity contribution in [2.24, 2.45) is 0 Å². The van der Waals surface area contributed by atoms with Gasteiger partial charge in [-0.1, -0.05) is 0 Å². The summed E-state index contributed by atoms with van der Waals surface area (Å²) in [5.74, 6) is -2.17. The summed E-state index contributed by atoms with van der Waals surface area (Å²) in [6, 6.07) is 1.63. The van der Waals surface area contributed by atoms with E-state index in [1.54, 1.807) is 31.0 Å². The molecule has 1 aromatic rings. The van der Waals surface area contributed by atoms with Crippen molar-refractivity contribution in [1.29, 1.82) is 0 Å². The third-order valence-electron chi connectivity index (χ3n) is 3.05. The molecule has 18 heavy (non-hydrogen) atoms. The number of aliphatic hydroxyl groups is 1. The van der Waals surface area contributed by atoms with E-state index in [4.69, 9.17) is 0 Å². The van der Waals surface area contributed by atoms with Crippen LogP contribution in [-0.2, 0) is 5.60 Å². The predicted molar refractivity (Wildman–Crippen MR) is 63.7 cm³/mol. The maximum Gasteiger partial charge on any atom is 0.251 e. The van der Waals surface area contributed by atoms with Crippen molar-refractivity contribution in [3.05, 3.63) is 18.0 Å². The molecule has 100 valence electrons. The van der Waals surface area contributed by atoms with Crippen LogP contribution in [0.5, 0.6) is 0 Å². The quantitative estimate of drug-likeness (QED) is 0.879. The fourth-order valence-corrected chi connectivity index (χ4v) is 1.88. The lowest BCUT2D eigenvalue weighted by Gasteiger charge is -2.32. The molecular weight excluding hydrogens is 240 g/mol. The molecule has 4 nitrogen and oxygen atoms in total. The van der Waals surface area contributed by atoms with Crippen LogP contribution in [0.2, 0.25) is 0 Å².